The van der Waals surface area contributed by atoms with Crippen molar-refractivity contribution >= 4 is 28.1 Å². The number of carbonyl (C=O) groups is 1. The Balaban J connectivity index is 1.60. The molecule has 0 spiro atoms. The van der Waals surface area contributed by atoms with Crippen molar-refractivity contribution in [3.05, 3.63) is 94.8 Å². The molecule has 2 aliphatic rings. The highest BCUT2D eigenvalue weighted by Gasteiger charge is 2.48. The Morgan fingerprint density at radius 2 is 1.69 bits per heavy atom. The van der Waals surface area contributed by atoms with E-state index in [1.54, 1.807) is 0 Å². The third-order valence-electron chi connectivity index (χ3n) is 6.54. The largest absolute Gasteiger partial charge is 0.419 e. The van der Waals surface area contributed by atoms with Gasteiger partial charge in [-0.05, 0) is 60.2 Å². The van der Waals surface area contributed by atoms with Gasteiger partial charge in [0.15, 0.2) is 0 Å². The fourth-order valence-corrected chi connectivity index (χ4v) is 8.04. The first kappa shape index (κ1) is 25.0. The van der Waals surface area contributed by atoms with Gasteiger partial charge < -0.3 is 0 Å². The molecule has 1 fully saturated rings. The number of fused-ring (bicyclic) bond motifs is 1. The van der Waals surface area contributed by atoms with E-state index in [9.17, 15) is 30.8 Å². The fraction of sp³-hybridized carbons (Fsp3) is 0.269. The van der Waals surface area contributed by atoms with Gasteiger partial charge in [-0.1, -0.05) is 36.4 Å². The molecule has 2 atom stereocenters. The molecule has 0 N–H and O–H groups in total. The number of alkyl halides is 3. The standard InChI is InChI=1S/C26H21F4NO3S2/c27-22-12-7-17(13-21(22)26(28,29)30)14-31(36(33,34)19-10-5-16(15-32)6-11-19)25-24(18-8-9-18)20-3-1-2-4-23(20)35-25/h1-7,10-13,15,18,24-25H,8-9,14H2. The monoisotopic (exact) mass is 535 g/mol. The molecule has 0 amide bonds. The molecule has 36 heavy (non-hydrogen) atoms. The summed E-state index contributed by atoms with van der Waals surface area (Å²) in [6.45, 7) is -0.365. The molecule has 5 rings (SSSR count). The van der Waals surface area contributed by atoms with Crippen LogP contribution in [0.1, 0.15) is 45.8 Å². The molecular formula is C26H21F4NO3S2. The summed E-state index contributed by atoms with van der Waals surface area (Å²) >= 11 is 1.38. The highest BCUT2D eigenvalue weighted by atomic mass is 32.2. The number of carbonyl (C=O) groups excluding carboxylic acids is 1. The SMILES string of the molecule is O=Cc1ccc(S(=O)(=O)N(Cc2ccc(F)c(C(F)(F)F)c2)C2Sc3ccccc3C2C2CC2)cc1. The Kier molecular flexibility index (Phi) is 6.46. The predicted octanol–water partition coefficient (Wildman–Crippen LogP) is 6.47. The van der Waals surface area contributed by atoms with Crippen molar-refractivity contribution in [2.75, 3.05) is 0 Å². The van der Waals surface area contributed by atoms with Crippen LogP contribution >= 0.6 is 11.8 Å². The van der Waals surface area contributed by atoms with Gasteiger partial charge in [0.2, 0.25) is 10.0 Å². The van der Waals surface area contributed by atoms with E-state index in [1.165, 1.54) is 46.4 Å². The van der Waals surface area contributed by atoms with Crippen molar-refractivity contribution in [3.8, 4) is 0 Å². The lowest BCUT2D eigenvalue weighted by molar-refractivity contribution is -0.140. The van der Waals surface area contributed by atoms with Crippen LogP contribution in [0.25, 0.3) is 0 Å². The minimum Gasteiger partial charge on any atom is -0.298 e. The number of hydrogen-bond acceptors (Lipinski definition) is 4. The van der Waals surface area contributed by atoms with Gasteiger partial charge in [-0.2, -0.15) is 17.5 Å². The summed E-state index contributed by atoms with van der Waals surface area (Å²) in [7, 11) is -4.20. The second-order valence-electron chi connectivity index (χ2n) is 8.96. The first-order chi connectivity index (χ1) is 17.1. The van der Waals surface area contributed by atoms with E-state index < -0.39 is 33.0 Å². The van der Waals surface area contributed by atoms with Crippen LogP contribution in [-0.2, 0) is 22.7 Å². The lowest BCUT2D eigenvalue weighted by Gasteiger charge is -2.32. The third-order valence-corrected chi connectivity index (χ3v) is 9.93. The number of hydrogen-bond donors (Lipinski definition) is 0. The molecule has 0 saturated heterocycles. The van der Waals surface area contributed by atoms with E-state index in [0.717, 1.165) is 29.4 Å². The number of rotatable bonds is 7. The molecular weight excluding hydrogens is 514 g/mol. The summed E-state index contributed by atoms with van der Waals surface area (Å²) in [5, 5.41) is -0.593. The Bertz CT molecular complexity index is 1400. The summed E-state index contributed by atoms with van der Waals surface area (Å²) in [6, 6.07) is 15.6. The summed E-state index contributed by atoms with van der Waals surface area (Å²) in [5.74, 6) is -1.28. The Hall–Kier alpha value is -2.69. The van der Waals surface area contributed by atoms with Crippen molar-refractivity contribution < 1.29 is 30.8 Å². The molecule has 2 unspecified atom stereocenters. The zero-order chi connectivity index (χ0) is 25.7. The van der Waals surface area contributed by atoms with E-state index in [-0.39, 0.29) is 28.8 Å². The van der Waals surface area contributed by atoms with Crippen LogP contribution in [0.3, 0.4) is 0 Å². The fourth-order valence-electron chi connectivity index (χ4n) is 4.63. The van der Waals surface area contributed by atoms with Crippen LogP contribution in [0, 0.1) is 11.7 Å². The van der Waals surface area contributed by atoms with Crippen molar-refractivity contribution in [1.82, 2.24) is 4.31 Å². The Labute approximate surface area is 210 Å². The van der Waals surface area contributed by atoms with Crippen molar-refractivity contribution in [1.29, 1.82) is 0 Å². The van der Waals surface area contributed by atoms with Gasteiger partial charge in [0.25, 0.3) is 0 Å². The number of thioether (sulfide) groups is 1. The Morgan fingerprint density at radius 1 is 1.00 bits per heavy atom. The van der Waals surface area contributed by atoms with Crippen LogP contribution in [0.5, 0.6) is 0 Å². The average Bonchev–Trinajstić information content (AvgIpc) is 3.62. The van der Waals surface area contributed by atoms with E-state index in [4.69, 9.17) is 0 Å². The molecule has 3 aromatic rings. The third kappa shape index (κ3) is 4.69. The van der Waals surface area contributed by atoms with Crippen LogP contribution in [0.4, 0.5) is 17.6 Å². The van der Waals surface area contributed by atoms with Gasteiger partial charge >= 0.3 is 6.18 Å². The van der Waals surface area contributed by atoms with Crippen LogP contribution in [0.15, 0.2) is 76.5 Å². The van der Waals surface area contributed by atoms with Crippen LogP contribution in [0.2, 0.25) is 0 Å². The maximum Gasteiger partial charge on any atom is 0.419 e. The van der Waals surface area contributed by atoms with Crippen molar-refractivity contribution in [3.63, 3.8) is 0 Å². The second-order valence-corrected chi connectivity index (χ2v) is 12.0. The Morgan fingerprint density at radius 3 is 2.33 bits per heavy atom. The first-order valence-electron chi connectivity index (χ1n) is 11.3. The van der Waals surface area contributed by atoms with Gasteiger partial charge in [0.1, 0.15) is 12.1 Å². The number of nitrogens with zero attached hydrogens (tertiary/aromatic N) is 1. The van der Waals surface area contributed by atoms with E-state index in [1.807, 2.05) is 24.3 Å². The normalized spacial score (nSPS) is 19.9. The highest BCUT2D eigenvalue weighted by Crippen LogP contribution is 2.57. The molecule has 0 aromatic heterocycles. The highest BCUT2D eigenvalue weighted by molar-refractivity contribution is 8.01. The maximum atomic E-state index is 13.9. The number of sulfonamides is 1. The average molecular weight is 536 g/mol. The number of aldehydes is 1. The minimum absolute atomic E-state index is 0.0305. The number of benzene rings is 3. The van der Waals surface area contributed by atoms with E-state index in [2.05, 4.69) is 0 Å². The summed E-state index contributed by atoms with van der Waals surface area (Å²) in [4.78, 5) is 11.9. The van der Waals surface area contributed by atoms with Gasteiger partial charge in [0.05, 0.1) is 15.8 Å². The molecule has 188 valence electrons. The smallest absolute Gasteiger partial charge is 0.298 e. The lowest BCUT2D eigenvalue weighted by Crippen LogP contribution is -2.40. The molecule has 1 saturated carbocycles. The quantitative estimate of drug-likeness (QED) is 0.257. The molecule has 4 nitrogen and oxygen atoms in total. The van der Waals surface area contributed by atoms with Gasteiger partial charge in [-0.3, -0.25) is 4.79 Å². The molecule has 1 aliphatic heterocycles. The lowest BCUT2D eigenvalue weighted by atomic mass is 9.94. The van der Waals surface area contributed by atoms with Gasteiger partial charge in [-0.25, -0.2) is 12.8 Å². The van der Waals surface area contributed by atoms with Gasteiger partial charge in [-0.15, -0.1) is 11.8 Å². The van der Waals surface area contributed by atoms with Crippen molar-refractivity contribution in [2.45, 2.75) is 46.6 Å². The molecule has 3 aromatic carbocycles. The van der Waals surface area contributed by atoms with E-state index >= 15 is 0 Å². The molecule has 10 heteroatoms. The molecule has 0 radical (unpaired) electrons. The van der Waals surface area contributed by atoms with E-state index in [0.29, 0.717) is 17.9 Å². The summed E-state index contributed by atoms with van der Waals surface area (Å²) in [5.41, 5.74) is -0.0781. The van der Waals surface area contributed by atoms with Gasteiger partial charge in [0, 0.05) is 22.9 Å². The number of halogens is 4. The summed E-state index contributed by atoms with van der Waals surface area (Å²) < 4.78 is 83.2. The predicted molar refractivity (Wildman–Crippen MR) is 128 cm³/mol. The topological polar surface area (TPSA) is 54.5 Å². The van der Waals surface area contributed by atoms with Crippen LogP contribution < -0.4 is 0 Å². The summed E-state index contributed by atoms with van der Waals surface area (Å²) in [6.07, 6.45) is -2.44. The minimum atomic E-state index is -4.91. The maximum absolute atomic E-state index is 13.9. The molecule has 1 heterocycles. The zero-order valence-electron chi connectivity index (χ0n) is 18.8. The van der Waals surface area contributed by atoms with Crippen molar-refractivity contribution in [2.24, 2.45) is 5.92 Å². The van der Waals surface area contributed by atoms with Crippen LogP contribution in [-0.4, -0.2) is 24.4 Å². The first-order valence-corrected chi connectivity index (χ1v) is 13.6. The molecule has 0 bridgehead atoms. The zero-order valence-corrected chi connectivity index (χ0v) is 20.4. The second kappa shape index (κ2) is 9.32. The molecule has 1 aliphatic carbocycles.